The summed E-state index contributed by atoms with van der Waals surface area (Å²) < 4.78 is 28.3. The summed E-state index contributed by atoms with van der Waals surface area (Å²) in [4.78, 5) is 0.0512. The molecular formula is C12H13NO4S. The summed E-state index contributed by atoms with van der Waals surface area (Å²) in [5.41, 5.74) is 0. The molecule has 0 spiro atoms. The van der Waals surface area contributed by atoms with Crippen LogP contribution < -0.4 is 4.74 Å². The Kier molecular flexibility index (Phi) is 3.05. The molecule has 1 aliphatic carbocycles. The predicted molar refractivity (Wildman–Crippen MR) is 63.8 cm³/mol. The molecule has 1 fully saturated rings. The number of hydrogen-bond acceptors (Lipinski definition) is 5. The van der Waals surface area contributed by atoms with Gasteiger partial charge in [-0.3, -0.25) is 0 Å². The van der Waals surface area contributed by atoms with Crippen LogP contribution in [0.3, 0.4) is 0 Å². The molecular weight excluding hydrogens is 254 g/mol. The number of benzene rings is 1. The number of hydrogen-bond donors (Lipinski definition) is 1. The van der Waals surface area contributed by atoms with Crippen LogP contribution in [0.1, 0.15) is 12.8 Å². The largest absolute Gasteiger partial charge is 0.497 e. The lowest BCUT2D eigenvalue weighted by Gasteiger charge is -2.38. The normalized spacial score (nSPS) is 27.1. The molecule has 0 aliphatic heterocycles. The van der Waals surface area contributed by atoms with Crippen molar-refractivity contribution in [2.45, 2.75) is 28.6 Å². The van der Waals surface area contributed by atoms with Gasteiger partial charge < -0.3 is 9.84 Å². The zero-order valence-corrected chi connectivity index (χ0v) is 10.6. The van der Waals surface area contributed by atoms with Gasteiger partial charge in [0.05, 0.1) is 24.2 Å². The van der Waals surface area contributed by atoms with Crippen molar-refractivity contribution in [2.24, 2.45) is 0 Å². The van der Waals surface area contributed by atoms with Crippen LogP contribution in [0.5, 0.6) is 5.75 Å². The number of aliphatic hydroxyl groups excluding tert-OH is 1. The maximum Gasteiger partial charge on any atom is 0.197 e. The summed E-state index contributed by atoms with van der Waals surface area (Å²) in [6.07, 6.45) is -0.795. The van der Waals surface area contributed by atoms with Crippen molar-refractivity contribution in [2.75, 3.05) is 7.11 Å². The van der Waals surface area contributed by atoms with Gasteiger partial charge in [0.15, 0.2) is 14.6 Å². The molecule has 1 saturated carbocycles. The highest BCUT2D eigenvalue weighted by Crippen LogP contribution is 2.42. The maximum atomic E-state index is 12.4. The van der Waals surface area contributed by atoms with Gasteiger partial charge in [-0.25, -0.2) is 8.42 Å². The zero-order chi connectivity index (χ0) is 13.4. The highest BCUT2D eigenvalue weighted by atomic mass is 32.2. The molecule has 5 nitrogen and oxygen atoms in total. The van der Waals surface area contributed by atoms with Crippen LogP contribution >= 0.6 is 0 Å². The Bertz CT molecular complexity index is 597. The number of nitrogens with zero attached hydrogens (tertiary/aromatic N) is 1. The number of nitriles is 1. The van der Waals surface area contributed by atoms with Gasteiger partial charge in [-0.05, 0) is 18.2 Å². The molecule has 0 radical (unpaired) electrons. The SMILES string of the molecule is COc1cccc(S(=O)(=O)C2(C#N)CC(O)C2)c1. The highest BCUT2D eigenvalue weighted by Gasteiger charge is 2.55. The van der Waals surface area contributed by atoms with E-state index in [2.05, 4.69) is 0 Å². The summed E-state index contributed by atoms with van der Waals surface area (Å²) in [7, 11) is -2.34. The molecule has 1 aliphatic rings. The molecule has 6 heteroatoms. The van der Waals surface area contributed by atoms with E-state index in [4.69, 9.17) is 10.00 Å². The molecule has 0 saturated heterocycles. The lowest BCUT2D eigenvalue weighted by atomic mass is 9.82. The summed E-state index contributed by atoms with van der Waals surface area (Å²) in [5.74, 6) is 0.420. The molecule has 0 unspecified atom stereocenters. The molecule has 0 aromatic heterocycles. The van der Waals surface area contributed by atoms with E-state index in [1.807, 2.05) is 6.07 Å². The Labute approximate surface area is 106 Å². The fourth-order valence-electron chi connectivity index (χ4n) is 2.07. The quantitative estimate of drug-likeness (QED) is 0.878. The van der Waals surface area contributed by atoms with E-state index >= 15 is 0 Å². The monoisotopic (exact) mass is 267 g/mol. The van der Waals surface area contributed by atoms with Crippen LogP contribution in [-0.4, -0.2) is 31.5 Å². The van der Waals surface area contributed by atoms with E-state index in [-0.39, 0.29) is 17.7 Å². The minimum absolute atomic E-state index is 0.0386. The first-order valence-corrected chi connectivity index (χ1v) is 6.91. The summed E-state index contributed by atoms with van der Waals surface area (Å²) in [6.45, 7) is 0. The van der Waals surface area contributed by atoms with E-state index in [0.29, 0.717) is 5.75 Å². The van der Waals surface area contributed by atoms with E-state index < -0.39 is 20.7 Å². The zero-order valence-electron chi connectivity index (χ0n) is 9.83. The van der Waals surface area contributed by atoms with E-state index in [1.54, 1.807) is 12.1 Å². The Morgan fingerprint density at radius 1 is 1.50 bits per heavy atom. The second-order valence-electron chi connectivity index (χ2n) is 4.35. The van der Waals surface area contributed by atoms with Gasteiger partial charge in [0.1, 0.15) is 5.75 Å². The van der Waals surface area contributed by atoms with Gasteiger partial charge >= 0.3 is 0 Å². The first kappa shape index (κ1) is 12.9. The third-order valence-electron chi connectivity index (χ3n) is 3.20. The van der Waals surface area contributed by atoms with Gasteiger partial charge in [0, 0.05) is 12.8 Å². The molecule has 96 valence electrons. The third kappa shape index (κ3) is 1.76. The van der Waals surface area contributed by atoms with E-state index in [1.165, 1.54) is 19.2 Å². The van der Waals surface area contributed by atoms with Crippen molar-refractivity contribution < 1.29 is 18.3 Å². The number of rotatable bonds is 3. The fraction of sp³-hybridized carbons (Fsp3) is 0.417. The lowest BCUT2D eigenvalue weighted by molar-refractivity contribution is 0.0764. The molecule has 2 rings (SSSR count). The van der Waals surface area contributed by atoms with Crippen molar-refractivity contribution >= 4 is 9.84 Å². The highest BCUT2D eigenvalue weighted by molar-refractivity contribution is 7.93. The number of aliphatic hydroxyl groups is 1. The number of sulfone groups is 1. The van der Waals surface area contributed by atoms with Crippen molar-refractivity contribution in [3.05, 3.63) is 24.3 Å². The maximum absolute atomic E-state index is 12.4. The van der Waals surface area contributed by atoms with Gasteiger partial charge in [-0.2, -0.15) is 5.26 Å². The smallest absolute Gasteiger partial charge is 0.197 e. The third-order valence-corrected chi connectivity index (χ3v) is 5.53. The van der Waals surface area contributed by atoms with Crippen LogP contribution in [-0.2, 0) is 9.84 Å². The van der Waals surface area contributed by atoms with Crippen molar-refractivity contribution in [3.63, 3.8) is 0 Å². The lowest BCUT2D eigenvalue weighted by Crippen LogP contribution is -2.51. The van der Waals surface area contributed by atoms with E-state index in [9.17, 15) is 13.5 Å². The minimum Gasteiger partial charge on any atom is -0.497 e. The molecule has 18 heavy (non-hydrogen) atoms. The molecule has 1 aromatic carbocycles. The standard InChI is InChI=1S/C12H13NO4S/c1-17-10-3-2-4-11(5-10)18(15,16)12(8-13)6-9(14)7-12/h2-5,9,14H,6-7H2,1H3. The average Bonchev–Trinajstić information content (AvgIpc) is 2.34. The molecule has 0 amide bonds. The summed E-state index contributed by atoms with van der Waals surface area (Å²) >= 11 is 0. The molecule has 1 aromatic rings. The van der Waals surface area contributed by atoms with Crippen LogP contribution in [0.4, 0.5) is 0 Å². The first-order chi connectivity index (χ1) is 8.45. The van der Waals surface area contributed by atoms with Gasteiger partial charge in [-0.15, -0.1) is 0 Å². The van der Waals surface area contributed by atoms with Crippen LogP contribution in [0.25, 0.3) is 0 Å². The Morgan fingerprint density at radius 2 is 2.17 bits per heavy atom. The Morgan fingerprint density at radius 3 is 2.67 bits per heavy atom. The van der Waals surface area contributed by atoms with Gasteiger partial charge in [0.25, 0.3) is 0 Å². The minimum atomic E-state index is -3.78. The fourth-order valence-corrected chi connectivity index (χ4v) is 3.99. The van der Waals surface area contributed by atoms with E-state index in [0.717, 1.165) is 0 Å². The number of methoxy groups -OCH3 is 1. The Balaban J connectivity index is 2.46. The van der Waals surface area contributed by atoms with Gasteiger partial charge in [0.2, 0.25) is 0 Å². The molecule has 1 N–H and O–H groups in total. The van der Waals surface area contributed by atoms with Gasteiger partial charge in [-0.1, -0.05) is 6.07 Å². The van der Waals surface area contributed by atoms with Crippen molar-refractivity contribution in [3.8, 4) is 11.8 Å². The first-order valence-electron chi connectivity index (χ1n) is 5.43. The van der Waals surface area contributed by atoms with Crippen LogP contribution in [0.15, 0.2) is 29.2 Å². The predicted octanol–water partition coefficient (Wildman–Crippen LogP) is 0.886. The molecule has 0 heterocycles. The number of ether oxygens (including phenoxy) is 1. The summed E-state index contributed by atoms with van der Waals surface area (Å²) in [6, 6.07) is 7.85. The average molecular weight is 267 g/mol. The molecule has 0 atom stereocenters. The van der Waals surface area contributed by atoms with Crippen LogP contribution in [0, 0.1) is 11.3 Å². The Hall–Kier alpha value is -1.58. The topological polar surface area (TPSA) is 87.4 Å². The van der Waals surface area contributed by atoms with Crippen LogP contribution in [0.2, 0.25) is 0 Å². The molecule has 0 bridgehead atoms. The van der Waals surface area contributed by atoms with Crippen molar-refractivity contribution in [1.29, 1.82) is 5.26 Å². The summed E-state index contributed by atoms with van der Waals surface area (Å²) in [5, 5.41) is 18.4. The second-order valence-corrected chi connectivity index (χ2v) is 6.61. The van der Waals surface area contributed by atoms with Crippen molar-refractivity contribution in [1.82, 2.24) is 0 Å². The second kappa shape index (κ2) is 4.26.